The van der Waals surface area contributed by atoms with Crippen LogP contribution in [0.25, 0.3) is 10.1 Å². The number of piperidine rings is 1. The number of amides is 1. The van der Waals surface area contributed by atoms with Gasteiger partial charge >= 0.3 is 0 Å². The maximum atomic E-state index is 12.9. The summed E-state index contributed by atoms with van der Waals surface area (Å²) in [4.78, 5) is 25.0. The fourth-order valence-electron chi connectivity index (χ4n) is 3.98. The molecule has 2 aromatic heterocycles. The predicted octanol–water partition coefficient (Wildman–Crippen LogP) is 3.67. The number of thiophene rings is 1. The van der Waals surface area contributed by atoms with E-state index in [-0.39, 0.29) is 11.9 Å². The lowest BCUT2D eigenvalue weighted by atomic mass is 9.94. The van der Waals surface area contributed by atoms with Gasteiger partial charge in [0.1, 0.15) is 0 Å². The number of aromatic nitrogens is 2. The summed E-state index contributed by atoms with van der Waals surface area (Å²) in [5, 5.41) is 4.16. The van der Waals surface area contributed by atoms with E-state index in [0.29, 0.717) is 13.2 Å². The smallest absolute Gasteiger partial charge is 0.261 e. The van der Waals surface area contributed by atoms with Crippen molar-refractivity contribution in [2.24, 2.45) is 0 Å². The van der Waals surface area contributed by atoms with Gasteiger partial charge in [-0.05, 0) is 48.8 Å². The molecule has 1 aromatic carbocycles. The quantitative estimate of drug-likeness (QED) is 0.602. The van der Waals surface area contributed by atoms with Crippen molar-refractivity contribution in [2.75, 3.05) is 31.7 Å². The van der Waals surface area contributed by atoms with Gasteiger partial charge in [-0.25, -0.2) is 9.97 Å². The zero-order valence-corrected chi connectivity index (χ0v) is 17.5. The Kier molecular flexibility index (Phi) is 6.36. The van der Waals surface area contributed by atoms with Crippen molar-refractivity contribution in [3.8, 4) is 0 Å². The monoisotopic (exact) mass is 410 g/mol. The molecule has 0 bridgehead atoms. The van der Waals surface area contributed by atoms with Crippen LogP contribution < -0.4 is 10.2 Å². The Bertz CT molecular complexity index is 960. The number of rotatable bonds is 7. The topological polar surface area (TPSA) is 67.3 Å². The number of carbonyl (C=O) groups is 1. The molecule has 0 spiro atoms. The summed E-state index contributed by atoms with van der Waals surface area (Å²) in [7, 11) is 1.64. The lowest BCUT2D eigenvalue weighted by molar-refractivity contribution is 0.0940. The molecule has 1 atom stereocenters. The molecule has 0 unspecified atom stereocenters. The highest BCUT2D eigenvalue weighted by Crippen LogP contribution is 2.34. The SMILES string of the molecule is COCCNC(=O)c1sc2ccccc2c1C[C@H]1CCCCN1c1ncccn1. The van der Waals surface area contributed by atoms with Crippen LogP contribution in [0.15, 0.2) is 42.7 Å². The van der Waals surface area contributed by atoms with Gasteiger partial charge in [0.05, 0.1) is 11.5 Å². The van der Waals surface area contributed by atoms with Crippen molar-refractivity contribution in [3.63, 3.8) is 0 Å². The molecule has 7 heteroatoms. The molecule has 3 heterocycles. The minimum Gasteiger partial charge on any atom is -0.383 e. The van der Waals surface area contributed by atoms with Gasteiger partial charge in [0.25, 0.3) is 5.91 Å². The summed E-state index contributed by atoms with van der Waals surface area (Å²) in [5.74, 6) is 0.763. The van der Waals surface area contributed by atoms with E-state index in [0.717, 1.165) is 46.9 Å². The summed E-state index contributed by atoms with van der Waals surface area (Å²) in [6.45, 7) is 1.97. The van der Waals surface area contributed by atoms with Crippen LogP contribution in [-0.4, -0.2) is 48.7 Å². The van der Waals surface area contributed by atoms with Crippen LogP contribution in [0.2, 0.25) is 0 Å². The molecule has 0 saturated carbocycles. The van der Waals surface area contributed by atoms with Gasteiger partial charge < -0.3 is 15.0 Å². The first kappa shape index (κ1) is 19.8. The maximum Gasteiger partial charge on any atom is 0.261 e. The van der Waals surface area contributed by atoms with E-state index in [9.17, 15) is 4.79 Å². The van der Waals surface area contributed by atoms with Gasteiger partial charge in [0, 0.05) is 43.3 Å². The molecule has 4 rings (SSSR count). The Labute approximate surface area is 174 Å². The van der Waals surface area contributed by atoms with Crippen LogP contribution in [0, 0.1) is 0 Å². The minimum absolute atomic E-state index is 0.0171. The standard InChI is InChI=1S/C22H26N4O2S/c1-28-14-12-23-21(27)20-18(17-8-2-3-9-19(17)29-20)15-16-7-4-5-13-26(16)22-24-10-6-11-25-22/h2-3,6,8-11,16H,4-5,7,12-15H2,1H3,(H,23,27)/t16-/m1/s1. The Morgan fingerprint density at radius 1 is 1.24 bits per heavy atom. The van der Waals surface area contributed by atoms with Crippen LogP contribution in [0.1, 0.15) is 34.5 Å². The number of benzene rings is 1. The summed E-state index contributed by atoms with van der Waals surface area (Å²) >= 11 is 1.57. The van der Waals surface area contributed by atoms with E-state index in [1.54, 1.807) is 30.8 Å². The molecule has 152 valence electrons. The van der Waals surface area contributed by atoms with Crippen molar-refractivity contribution in [3.05, 3.63) is 53.2 Å². The molecule has 1 aliphatic rings. The van der Waals surface area contributed by atoms with Crippen molar-refractivity contribution in [1.82, 2.24) is 15.3 Å². The van der Waals surface area contributed by atoms with Gasteiger partial charge in [0.15, 0.2) is 0 Å². The average molecular weight is 411 g/mol. The third kappa shape index (κ3) is 4.41. The number of methoxy groups -OCH3 is 1. The predicted molar refractivity (Wildman–Crippen MR) is 117 cm³/mol. The van der Waals surface area contributed by atoms with Crippen molar-refractivity contribution in [2.45, 2.75) is 31.7 Å². The number of anilines is 1. The van der Waals surface area contributed by atoms with Crippen LogP contribution in [0.3, 0.4) is 0 Å². The summed E-state index contributed by atoms with van der Waals surface area (Å²) < 4.78 is 6.22. The average Bonchev–Trinajstić information content (AvgIpc) is 3.13. The largest absolute Gasteiger partial charge is 0.383 e. The molecule has 29 heavy (non-hydrogen) atoms. The van der Waals surface area contributed by atoms with Crippen molar-refractivity contribution >= 4 is 33.3 Å². The summed E-state index contributed by atoms with van der Waals surface area (Å²) in [5.41, 5.74) is 1.13. The second-order valence-corrected chi connectivity index (χ2v) is 8.30. The fourth-order valence-corrected chi connectivity index (χ4v) is 5.13. The van der Waals surface area contributed by atoms with E-state index in [1.165, 1.54) is 11.8 Å². The number of fused-ring (bicyclic) bond motifs is 1. The first-order valence-corrected chi connectivity index (χ1v) is 10.9. The Hall–Kier alpha value is -2.51. The first-order chi connectivity index (χ1) is 14.3. The van der Waals surface area contributed by atoms with Gasteiger partial charge in [0.2, 0.25) is 5.95 Å². The number of ether oxygens (including phenoxy) is 1. The molecule has 1 fully saturated rings. The van der Waals surface area contributed by atoms with Gasteiger partial charge in [-0.2, -0.15) is 0 Å². The Balaban J connectivity index is 1.65. The molecule has 0 aliphatic carbocycles. The zero-order chi connectivity index (χ0) is 20.1. The normalized spacial score (nSPS) is 16.9. The van der Waals surface area contributed by atoms with E-state index >= 15 is 0 Å². The molecule has 1 N–H and O–H groups in total. The van der Waals surface area contributed by atoms with Crippen LogP contribution in [0.5, 0.6) is 0 Å². The minimum atomic E-state index is -0.0171. The van der Waals surface area contributed by atoms with Crippen LogP contribution >= 0.6 is 11.3 Å². The second-order valence-electron chi connectivity index (χ2n) is 7.25. The maximum absolute atomic E-state index is 12.9. The third-order valence-electron chi connectivity index (χ3n) is 5.37. The molecule has 0 radical (unpaired) electrons. The molecule has 3 aromatic rings. The number of nitrogens with zero attached hydrogens (tertiary/aromatic N) is 3. The van der Waals surface area contributed by atoms with E-state index in [1.807, 2.05) is 18.2 Å². The van der Waals surface area contributed by atoms with Gasteiger partial charge in [-0.3, -0.25) is 4.79 Å². The molecule has 6 nitrogen and oxygen atoms in total. The van der Waals surface area contributed by atoms with Crippen molar-refractivity contribution in [1.29, 1.82) is 0 Å². The highest BCUT2D eigenvalue weighted by atomic mass is 32.1. The number of hydrogen-bond donors (Lipinski definition) is 1. The highest BCUT2D eigenvalue weighted by Gasteiger charge is 2.28. The second kappa shape index (κ2) is 9.33. The third-order valence-corrected chi connectivity index (χ3v) is 6.58. The molecule has 1 aliphatic heterocycles. The number of nitrogens with one attached hydrogen (secondary N) is 1. The Morgan fingerprint density at radius 3 is 2.90 bits per heavy atom. The molecule has 1 saturated heterocycles. The molecule has 1 amide bonds. The lowest BCUT2D eigenvalue weighted by Crippen LogP contribution is -2.42. The number of hydrogen-bond acceptors (Lipinski definition) is 6. The van der Waals surface area contributed by atoms with E-state index < -0.39 is 0 Å². The lowest BCUT2D eigenvalue weighted by Gasteiger charge is -2.36. The number of carbonyl (C=O) groups excluding carboxylic acids is 1. The summed E-state index contributed by atoms with van der Waals surface area (Å²) in [6, 6.07) is 10.4. The summed E-state index contributed by atoms with van der Waals surface area (Å²) in [6.07, 6.45) is 7.81. The van der Waals surface area contributed by atoms with Gasteiger partial charge in [-0.15, -0.1) is 11.3 Å². The van der Waals surface area contributed by atoms with E-state index in [2.05, 4.69) is 32.3 Å². The molecular formula is C22H26N4O2S. The fraction of sp³-hybridized carbons (Fsp3) is 0.409. The zero-order valence-electron chi connectivity index (χ0n) is 16.6. The highest BCUT2D eigenvalue weighted by molar-refractivity contribution is 7.21. The van der Waals surface area contributed by atoms with Crippen molar-refractivity contribution < 1.29 is 9.53 Å². The molecular weight excluding hydrogens is 384 g/mol. The van der Waals surface area contributed by atoms with Gasteiger partial charge in [-0.1, -0.05) is 18.2 Å². The van der Waals surface area contributed by atoms with Crippen LogP contribution in [-0.2, 0) is 11.2 Å². The van der Waals surface area contributed by atoms with E-state index in [4.69, 9.17) is 4.74 Å². The Morgan fingerprint density at radius 2 is 2.07 bits per heavy atom. The first-order valence-electron chi connectivity index (χ1n) is 10.1. The van der Waals surface area contributed by atoms with Crippen LogP contribution in [0.4, 0.5) is 5.95 Å².